The summed E-state index contributed by atoms with van der Waals surface area (Å²) in [6.07, 6.45) is 3.59. The molecule has 3 heteroatoms. The maximum Gasteiger partial charge on any atom is 0.125 e. The second-order valence-corrected chi connectivity index (χ2v) is 4.75. The van der Waals surface area contributed by atoms with Gasteiger partial charge in [-0.1, -0.05) is 6.92 Å². The van der Waals surface area contributed by atoms with Crippen LogP contribution in [0, 0.1) is 5.82 Å². The normalized spacial score (nSPS) is 19.9. The molecule has 0 aromatic heterocycles. The number of nitrogens with one attached hydrogen (secondary N) is 1. The van der Waals surface area contributed by atoms with E-state index in [0.29, 0.717) is 6.04 Å². The summed E-state index contributed by atoms with van der Waals surface area (Å²) in [7, 11) is 1.88. The van der Waals surface area contributed by atoms with Crippen LogP contribution in [0.4, 0.5) is 10.1 Å². The second kappa shape index (κ2) is 5.50. The summed E-state index contributed by atoms with van der Waals surface area (Å²) in [5.41, 5.74) is 2.06. The van der Waals surface area contributed by atoms with Crippen LogP contribution in [0.3, 0.4) is 0 Å². The maximum atomic E-state index is 13.6. The van der Waals surface area contributed by atoms with Crippen molar-refractivity contribution in [1.82, 2.24) is 5.32 Å². The summed E-state index contributed by atoms with van der Waals surface area (Å²) in [6.45, 7) is 3.98. The first-order chi connectivity index (χ1) is 8.24. The van der Waals surface area contributed by atoms with Gasteiger partial charge in [-0.2, -0.15) is 0 Å². The molecule has 1 aromatic carbocycles. The Morgan fingerprint density at radius 3 is 2.94 bits per heavy atom. The SMILES string of the molecule is CCC1CCCN1c1cc(F)cc(CNC)c1. The summed E-state index contributed by atoms with van der Waals surface area (Å²) in [6, 6.07) is 5.96. The van der Waals surface area contributed by atoms with Gasteiger partial charge in [-0.05, 0) is 50.1 Å². The van der Waals surface area contributed by atoms with E-state index in [0.717, 1.165) is 30.8 Å². The van der Waals surface area contributed by atoms with Gasteiger partial charge in [-0.25, -0.2) is 4.39 Å². The van der Waals surface area contributed by atoms with Crippen LogP contribution in [0.1, 0.15) is 31.7 Å². The van der Waals surface area contributed by atoms with Gasteiger partial charge in [0, 0.05) is 24.8 Å². The molecular formula is C14H21FN2. The van der Waals surface area contributed by atoms with E-state index >= 15 is 0 Å². The molecule has 1 aromatic rings. The van der Waals surface area contributed by atoms with Crippen molar-refractivity contribution in [3.63, 3.8) is 0 Å². The molecule has 0 aliphatic carbocycles. The lowest BCUT2D eigenvalue weighted by atomic mass is 10.1. The van der Waals surface area contributed by atoms with E-state index in [1.165, 1.54) is 12.8 Å². The number of anilines is 1. The van der Waals surface area contributed by atoms with Crippen molar-refractivity contribution in [2.45, 2.75) is 38.8 Å². The Hall–Kier alpha value is -1.09. The fourth-order valence-corrected chi connectivity index (χ4v) is 2.71. The molecule has 94 valence electrons. The minimum absolute atomic E-state index is 0.130. The molecule has 1 aliphatic rings. The molecule has 0 amide bonds. The number of nitrogens with zero attached hydrogens (tertiary/aromatic N) is 1. The van der Waals surface area contributed by atoms with Gasteiger partial charge in [0.25, 0.3) is 0 Å². The molecule has 2 rings (SSSR count). The van der Waals surface area contributed by atoms with Gasteiger partial charge in [0.2, 0.25) is 0 Å². The average Bonchev–Trinajstić information content (AvgIpc) is 2.76. The van der Waals surface area contributed by atoms with E-state index in [1.807, 2.05) is 7.05 Å². The smallest absolute Gasteiger partial charge is 0.125 e. The lowest BCUT2D eigenvalue weighted by Crippen LogP contribution is -2.28. The van der Waals surface area contributed by atoms with Crippen LogP contribution in [0.2, 0.25) is 0 Å². The summed E-state index contributed by atoms with van der Waals surface area (Å²) < 4.78 is 13.6. The van der Waals surface area contributed by atoms with Crippen molar-refractivity contribution < 1.29 is 4.39 Å². The number of hydrogen-bond donors (Lipinski definition) is 1. The monoisotopic (exact) mass is 236 g/mol. The average molecular weight is 236 g/mol. The first-order valence-electron chi connectivity index (χ1n) is 6.45. The van der Waals surface area contributed by atoms with Gasteiger partial charge >= 0.3 is 0 Å². The molecular weight excluding hydrogens is 215 g/mol. The first-order valence-corrected chi connectivity index (χ1v) is 6.45. The van der Waals surface area contributed by atoms with Crippen LogP contribution in [0.15, 0.2) is 18.2 Å². The molecule has 1 aliphatic heterocycles. The fraction of sp³-hybridized carbons (Fsp3) is 0.571. The number of benzene rings is 1. The van der Waals surface area contributed by atoms with Gasteiger partial charge in [-0.15, -0.1) is 0 Å². The minimum Gasteiger partial charge on any atom is -0.368 e. The second-order valence-electron chi connectivity index (χ2n) is 4.75. The third-order valence-corrected chi connectivity index (χ3v) is 3.50. The highest BCUT2D eigenvalue weighted by Gasteiger charge is 2.23. The molecule has 1 heterocycles. The third kappa shape index (κ3) is 2.78. The van der Waals surface area contributed by atoms with Crippen molar-refractivity contribution in [2.75, 3.05) is 18.5 Å². The Kier molecular flexibility index (Phi) is 4.00. The Morgan fingerprint density at radius 1 is 1.41 bits per heavy atom. The van der Waals surface area contributed by atoms with Crippen molar-refractivity contribution >= 4 is 5.69 Å². The Bertz CT molecular complexity index is 378. The topological polar surface area (TPSA) is 15.3 Å². The number of rotatable bonds is 4. The lowest BCUT2D eigenvalue weighted by Gasteiger charge is -2.26. The largest absolute Gasteiger partial charge is 0.368 e. The zero-order valence-electron chi connectivity index (χ0n) is 10.7. The van der Waals surface area contributed by atoms with Gasteiger partial charge in [-0.3, -0.25) is 0 Å². The Morgan fingerprint density at radius 2 is 2.24 bits per heavy atom. The molecule has 1 N–H and O–H groups in total. The van der Waals surface area contributed by atoms with Gasteiger partial charge < -0.3 is 10.2 Å². The summed E-state index contributed by atoms with van der Waals surface area (Å²) in [5.74, 6) is -0.130. The van der Waals surface area contributed by atoms with Crippen molar-refractivity contribution in [3.8, 4) is 0 Å². The van der Waals surface area contributed by atoms with E-state index in [1.54, 1.807) is 12.1 Å². The molecule has 1 saturated heterocycles. The quantitative estimate of drug-likeness (QED) is 0.864. The van der Waals surface area contributed by atoms with E-state index in [2.05, 4.69) is 23.2 Å². The molecule has 1 atom stereocenters. The van der Waals surface area contributed by atoms with Crippen LogP contribution in [-0.2, 0) is 6.54 Å². The fourth-order valence-electron chi connectivity index (χ4n) is 2.71. The predicted octanol–water partition coefficient (Wildman–Crippen LogP) is 2.92. The number of hydrogen-bond acceptors (Lipinski definition) is 2. The van der Waals surface area contributed by atoms with Gasteiger partial charge in [0.1, 0.15) is 5.82 Å². The molecule has 0 saturated carbocycles. The van der Waals surface area contributed by atoms with Crippen LogP contribution >= 0.6 is 0 Å². The van der Waals surface area contributed by atoms with Crippen LogP contribution in [0.25, 0.3) is 0 Å². The molecule has 1 unspecified atom stereocenters. The summed E-state index contributed by atoms with van der Waals surface area (Å²) in [5, 5.41) is 3.07. The highest BCUT2D eigenvalue weighted by atomic mass is 19.1. The molecule has 0 radical (unpaired) electrons. The van der Waals surface area contributed by atoms with E-state index in [4.69, 9.17) is 0 Å². The zero-order chi connectivity index (χ0) is 12.3. The molecule has 1 fully saturated rings. The third-order valence-electron chi connectivity index (χ3n) is 3.50. The van der Waals surface area contributed by atoms with Crippen LogP contribution < -0.4 is 10.2 Å². The highest BCUT2D eigenvalue weighted by Crippen LogP contribution is 2.28. The lowest BCUT2D eigenvalue weighted by molar-refractivity contribution is 0.616. The van der Waals surface area contributed by atoms with Crippen molar-refractivity contribution in [2.24, 2.45) is 0 Å². The van der Waals surface area contributed by atoms with Gasteiger partial charge in [0.15, 0.2) is 0 Å². The Labute approximate surface area is 103 Å². The predicted molar refractivity (Wildman–Crippen MR) is 69.8 cm³/mol. The number of halogens is 1. The van der Waals surface area contributed by atoms with E-state index in [-0.39, 0.29) is 5.82 Å². The summed E-state index contributed by atoms with van der Waals surface area (Å²) >= 11 is 0. The van der Waals surface area contributed by atoms with Crippen LogP contribution in [0.5, 0.6) is 0 Å². The van der Waals surface area contributed by atoms with Crippen molar-refractivity contribution in [3.05, 3.63) is 29.6 Å². The molecule has 0 spiro atoms. The highest BCUT2D eigenvalue weighted by molar-refractivity contribution is 5.51. The first kappa shape index (κ1) is 12.4. The van der Waals surface area contributed by atoms with Gasteiger partial charge in [0.05, 0.1) is 0 Å². The molecule has 17 heavy (non-hydrogen) atoms. The Balaban J connectivity index is 2.24. The van der Waals surface area contributed by atoms with E-state index in [9.17, 15) is 4.39 Å². The minimum atomic E-state index is -0.130. The van der Waals surface area contributed by atoms with Crippen LogP contribution in [-0.4, -0.2) is 19.6 Å². The molecule has 2 nitrogen and oxygen atoms in total. The summed E-state index contributed by atoms with van der Waals surface area (Å²) in [4.78, 5) is 2.35. The molecule has 0 bridgehead atoms. The van der Waals surface area contributed by atoms with Crippen molar-refractivity contribution in [1.29, 1.82) is 0 Å². The van der Waals surface area contributed by atoms with E-state index < -0.39 is 0 Å². The standard InChI is InChI=1S/C14H21FN2/c1-3-13-5-4-6-17(13)14-8-11(10-16-2)7-12(15)9-14/h7-9,13,16H,3-6,10H2,1-2H3. The maximum absolute atomic E-state index is 13.6. The zero-order valence-corrected chi connectivity index (χ0v) is 10.7.